The first-order valence-corrected chi connectivity index (χ1v) is 7.56. The van der Waals surface area contributed by atoms with Crippen molar-refractivity contribution in [1.29, 1.82) is 0 Å². The molecule has 0 N–H and O–H groups in total. The van der Waals surface area contributed by atoms with Crippen LogP contribution in [0.5, 0.6) is 0 Å². The van der Waals surface area contributed by atoms with Crippen LogP contribution >= 0.6 is 11.8 Å². The topological polar surface area (TPSA) is 25.2 Å². The number of hydrogen-bond donors (Lipinski definition) is 0. The molecule has 1 aromatic carbocycles. The average Bonchev–Trinajstić information content (AvgIpc) is 2.96. The smallest absolute Gasteiger partial charge is 0.0840 e. The highest BCUT2D eigenvalue weighted by molar-refractivity contribution is 7.99. The number of benzene rings is 1. The predicted octanol–water partition coefficient (Wildman–Crippen LogP) is 3.83. The Morgan fingerprint density at radius 3 is 2.68 bits per heavy atom. The molecule has 0 bridgehead atoms. The third kappa shape index (κ3) is 3.24. The van der Waals surface area contributed by atoms with Crippen LogP contribution in [-0.2, 0) is 0 Å². The van der Waals surface area contributed by atoms with E-state index >= 15 is 0 Å². The van der Waals surface area contributed by atoms with Gasteiger partial charge in [-0.2, -0.15) is 0 Å². The zero-order valence-electron chi connectivity index (χ0n) is 10.7. The molecule has 3 heteroatoms. The molecule has 0 amide bonds. The second kappa shape index (κ2) is 6.02. The molecule has 0 saturated heterocycles. The van der Waals surface area contributed by atoms with Gasteiger partial charge in [-0.05, 0) is 37.1 Å². The third-order valence-electron chi connectivity index (χ3n) is 3.20. The van der Waals surface area contributed by atoms with E-state index in [1.807, 2.05) is 36.2 Å². The van der Waals surface area contributed by atoms with Crippen molar-refractivity contribution < 1.29 is 0 Å². The Balaban J connectivity index is 1.61. The number of aliphatic imine (C=N–C) groups is 1. The van der Waals surface area contributed by atoms with Crippen molar-refractivity contribution in [3.63, 3.8) is 0 Å². The standard InChI is InChI=1S/C16H16N2S/c1-2-6-14(7-3-1)19-12-13-9-10-16(18-13)15-8-4-5-11-17-15/h1-8,11,13H,9-10,12H2/t13-/m0/s1. The first-order chi connectivity index (χ1) is 9.42. The Labute approximate surface area is 118 Å². The fourth-order valence-corrected chi connectivity index (χ4v) is 3.19. The Kier molecular flexibility index (Phi) is 3.94. The molecular weight excluding hydrogens is 252 g/mol. The molecule has 1 aliphatic rings. The molecule has 0 radical (unpaired) electrons. The molecule has 96 valence electrons. The van der Waals surface area contributed by atoms with Crippen LogP contribution in [0.2, 0.25) is 0 Å². The number of thioether (sulfide) groups is 1. The summed E-state index contributed by atoms with van der Waals surface area (Å²) in [7, 11) is 0. The molecule has 2 aromatic rings. The molecule has 1 aliphatic heterocycles. The molecule has 2 heterocycles. The highest BCUT2D eigenvalue weighted by Crippen LogP contribution is 2.25. The summed E-state index contributed by atoms with van der Waals surface area (Å²) in [6.45, 7) is 0. The van der Waals surface area contributed by atoms with E-state index in [0.717, 1.165) is 24.3 Å². The van der Waals surface area contributed by atoms with Crippen LogP contribution < -0.4 is 0 Å². The van der Waals surface area contributed by atoms with Gasteiger partial charge in [-0.25, -0.2) is 0 Å². The van der Waals surface area contributed by atoms with Crippen LogP contribution in [0.25, 0.3) is 0 Å². The van der Waals surface area contributed by atoms with E-state index < -0.39 is 0 Å². The number of rotatable bonds is 4. The third-order valence-corrected chi connectivity index (χ3v) is 4.36. The minimum absolute atomic E-state index is 0.433. The lowest BCUT2D eigenvalue weighted by atomic mass is 10.1. The van der Waals surface area contributed by atoms with Crippen molar-refractivity contribution in [2.45, 2.75) is 23.8 Å². The van der Waals surface area contributed by atoms with Gasteiger partial charge < -0.3 is 0 Å². The maximum atomic E-state index is 4.81. The van der Waals surface area contributed by atoms with Gasteiger partial charge in [-0.1, -0.05) is 24.3 Å². The van der Waals surface area contributed by atoms with E-state index in [1.165, 1.54) is 10.6 Å². The summed E-state index contributed by atoms with van der Waals surface area (Å²) < 4.78 is 0. The zero-order chi connectivity index (χ0) is 12.9. The number of aromatic nitrogens is 1. The summed E-state index contributed by atoms with van der Waals surface area (Å²) in [6.07, 6.45) is 4.03. The normalized spacial score (nSPS) is 18.3. The summed E-state index contributed by atoms with van der Waals surface area (Å²) >= 11 is 1.89. The minimum Gasteiger partial charge on any atom is -0.283 e. The molecule has 0 fully saturated rings. The fourth-order valence-electron chi connectivity index (χ4n) is 2.21. The largest absolute Gasteiger partial charge is 0.283 e. The summed E-state index contributed by atoms with van der Waals surface area (Å²) in [5, 5.41) is 0. The molecular formula is C16H16N2S. The van der Waals surface area contributed by atoms with Crippen LogP contribution in [0.3, 0.4) is 0 Å². The molecule has 3 rings (SSSR count). The van der Waals surface area contributed by atoms with Gasteiger partial charge >= 0.3 is 0 Å². The SMILES string of the molecule is c1ccc(SC[C@@H]2CCC(c3ccccn3)=N2)cc1. The lowest BCUT2D eigenvalue weighted by molar-refractivity contribution is 0.749. The monoisotopic (exact) mass is 268 g/mol. The van der Waals surface area contributed by atoms with Crippen molar-refractivity contribution in [2.24, 2.45) is 4.99 Å². The van der Waals surface area contributed by atoms with E-state index in [4.69, 9.17) is 4.99 Å². The van der Waals surface area contributed by atoms with Crippen molar-refractivity contribution in [1.82, 2.24) is 4.98 Å². The van der Waals surface area contributed by atoms with E-state index in [9.17, 15) is 0 Å². The van der Waals surface area contributed by atoms with Crippen molar-refractivity contribution in [2.75, 3.05) is 5.75 Å². The molecule has 1 atom stereocenters. The van der Waals surface area contributed by atoms with Crippen LogP contribution in [0.1, 0.15) is 18.5 Å². The predicted molar refractivity (Wildman–Crippen MR) is 81.0 cm³/mol. The number of hydrogen-bond acceptors (Lipinski definition) is 3. The summed E-state index contributed by atoms with van der Waals surface area (Å²) in [5.74, 6) is 1.06. The Bertz CT molecular complexity index is 551. The van der Waals surface area contributed by atoms with E-state index in [2.05, 4.69) is 35.3 Å². The van der Waals surface area contributed by atoms with E-state index in [-0.39, 0.29) is 0 Å². The zero-order valence-corrected chi connectivity index (χ0v) is 11.5. The van der Waals surface area contributed by atoms with Crippen LogP contribution in [0, 0.1) is 0 Å². The van der Waals surface area contributed by atoms with Gasteiger partial charge in [0.1, 0.15) is 0 Å². The van der Waals surface area contributed by atoms with Gasteiger partial charge in [0.2, 0.25) is 0 Å². The molecule has 0 spiro atoms. The quantitative estimate of drug-likeness (QED) is 0.787. The molecule has 0 saturated carbocycles. The van der Waals surface area contributed by atoms with Gasteiger partial charge in [0.05, 0.1) is 17.4 Å². The number of nitrogens with zero attached hydrogens (tertiary/aromatic N) is 2. The Morgan fingerprint density at radius 1 is 1.05 bits per heavy atom. The van der Waals surface area contributed by atoms with Crippen molar-refractivity contribution in [3.8, 4) is 0 Å². The first kappa shape index (κ1) is 12.4. The van der Waals surface area contributed by atoms with Crippen LogP contribution in [0.4, 0.5) is 0 Å². The Morgan fingerprint density at radius 2 is 1.89 bits per heavy atom. The molecule has 2 nitrogen and oxygen atoms in total. The maximum Gasteiger partial charge on any atom is 0.0840 e. The van der Waals surface area contributed by atoms with Gasteiger partial charge in [-0.3, -0.25) is 9.98 Å². The summed E-state index contributed by atoms with van der Waals surface area (Å²) in [4.78, 5) is 10.5. The first-order valence-electron chi connectivity index (χ1n) is 6.58. The summed E-state index contributed by atoms with van der Waals surface area (Å²) in [5.41, 5.74) is 2.20. The van der Waals surface area contributed by atoms with Crippen LogP contribution in [-0.4, -0.2) is 22.5 Å². The molecule has 0 aliphatic carbocycles. The van der Waals surface area contributed by atoms with Gasteiger partial charge in [-0.15, -0.1) is 11.8 Å². The van der Waals surface area contributed by atoms with Crippen molar-refractivity contribution >= 4 is 17.5 Å². The lowest BCUT2D eigenvalue weighted by Gasteiger charge is -2.05. The van der Waals surface area contributed by atoms with Crippen LogP contribution in [0.15, 0.2) is 64.6 Å². The maximum absolute atomic E-state index is 4.81. The number of pyridine rings is 1. The average molecular weight is 268 g/mol. The Hall–Kier alpha value is -1.61. The molecule has 0 unspecified atom stereocenters. The second-order valence-corrected chi connectivity index (χ2v) is 5.70. The van der Waals surface area contributed by atoms with Gasteiger partial charge in [0, 0.05) is 16.8 Å². The molecule has 19 heavy (non-hydrogen) atoms. The fraction of sp³-hybridized carbons (Fsp3) is 0.250. The highest BCUT2D eigenvalue weighted by atomic mass is 32.2. The summed E-state index contributed by atoms with van der Waals surface area (Å²) in [6, 6.07) is 17.0. The van der Waals surface area contributed by atoms with Crippen molar-refractivity contribution in [3.05, 3.63) is 60.4 Å². The van der Waals surface area contributed by atoms with Gasteiger partial charge in [0.25, 0.3) is 0 Å². The lowest BCUT2D eigenvalue weighted by Crippen LogP contribution is -2.02. The van der Waals surface area contributed by atoms with Gasteiger partial charge in [0.15, 0.2) is 0 Å². The molecule has 1 aromatic heterocycles. The second-order valence-electron chi connectivity index (χ2n) is 4.61. The van der Waals surface area contributed by atoms with E-state index in [0.29, 0.717) is 6.04 Å². The highest BCUT2D eigenvalue weighted by Gasteiger charge is 2.19. The minimum atomic E-state index is 0.433. The van der Waals surface area contributed by atoms with E-state index in [1.54, 1.807) is 0 Å².